The Kier molecular flexibility index (Phi) is 2.93. The number of piperidine rings is 1. The minimum absolute atomic E-state index is 0.376. The normalized spacial score (nSPS) is 21.9. The van der Waals surface area contributed by atoms with Crippen molar-refractivity contribution in [2.45, 2.75) is 25.3 Å². The lowest BCUT2D eigenvalue weighted by Gasteiger charge is -2.22. The van der Waals surface area contributed by atoms with Crippen LogP contribution < -0.4 is 10.1 Å². The number of nitrogens with zero attached hydrogens (tertiary/aromatic N) is 2. The third kappa shape index (κ3) is 2.01. The molecule has 2 rings (SSSR count). The van der Waals surface area contributed by atoms with Crippen LogP contribution in [-0.4, -0.2) is 23.6 Å². The number of ether oxygens (including phenoxy) is 1. The molecule has 1 atom stereocenters. The number of rotatable bonds is 2. The maximum Gasteiger partial charge on any atom is 0.216 e. The van der Waals surface area contributed by atoms with Crippen molar-refractivity contribution in [3.63, 3.8) is 0 Å². The molecular formula is C10H15N3O. The number of methoxy groups -OCH3 is 1. The predicted molar refractivity (Wildman–Crippen MR) is 53.2 cm³/mol. The molecule has 4 nitrogen and oxygen atoms in total. The molecule has 0 aromatic carbocycles. The smallest absolute Gasteiger partial charge is 0.216 e. The van der Waals surface area contributed by atoms with Gasteiger partial charge in [-0.05, 0) is 19.4 Å². The molecule has 2 heterocycles. The average molecular weight is 193 g/mol. The molecule has 1 aliphatic rings. The topological polar surface area (TPSA) is 47.0 Å². The molecule has 1 aromatic heterocycles. The largest absolute Gasteiger partial charge is 0.481 e. The summed E-state index contributed by atoms with van der Waals surface area (Å²) in [6.07, 6.45) is 5.24. The summed E-state index contributed by atoms with van der Waals surface area (Å²) >= 11 is 0. The van der Waals surface area contributed by atoms with E-state index >= 15 is 0 Å². The molecule has 76 valence electrons. The van der Waals surface area contributed by atoms with Gasteiger partial charge in [-0.1, -0.05) is 6.42 Å². The highest BCUT2D eigenvalue weighted by Gasteiger charge is 2.16. The summed E-state index contributed by atoms with van der Waals surface area (Å²) in [6, 6.07) is 2.28. The van der Waals surface area contributed by atoms with Crippen molar-refractivity contribution in [3.8, 4) is 5.88 Å². The minimum atomic E-state index is 0.376. The molecular weight excluding hydrogens is 178 g/mol. The van der Waals surface area contributed by atoms with Gasteiger partial charge in [0.2, 0.25) is 5.88 Å². The van der Waals surface area contributed by atoms with Gasteiger partial charge in [0.25, 0.3) is 0 Å². The third-order valence-electron chi connectivity index (χ3n) is 2.54. The first-order valence-electron chi connectivity index (χ1n) is 4.99. The highest BCUT2D eigenvalue weighted by Crippen LogP contribution is 2.22. The van der Waals surface area contributed by atoms with Gasteiger partial charge in [-0.15, -0.1) is 0 Å². The molecule has 1 unspecified atom stereocenters. The van der Waals surface area contributed by atoms with E-state index in [1.54, 1.807) is 13.4 Å². The Labute approximate surface area is 83.7 Å². The minimum Gasteiger partial charge on any atom is -0.481 e. The fourth-order valence-electron chi connectivity index (χ4n) is 1.76. The second-order valence-electron chi connectivity index (χ2n) is 3.49. The van der Waals surface area contributed by atoms with Crippen molar-refractivity contribution in [3.05, 3.63) is 18.1 Å². The van der Waals surface area contributed by atoms with Gasteiger partial charge in [-0.3, -0.25) is 0 Å². The number of hydrogen-bond donors (Lipinski definition) is 1. The molecule has 0 aliphatic carbocycles. The maximum atomic E-state index is 5.07. The van der Waals surface area contributed by atoms with E-state index in [4.69, 9.17) is 4.74 Å². The zero-order valence-corrected chi connectivity index (χ0v) is 8.36. The number of hydrogen-bond acceptors (Lipinski definition) is 4. The van der Waals surface area contributed by atoms with Crippen LogP contribution in [0.4, 0.5) is 0 Å². The van der Waals surface area contributed by atoms with Crippen molar-refractivity contribution in [1.29, 1.82) is 0 Å². The van der Waals surface area contributed by atoms with Crippen molar-refractivity contribution >= 4 is 0 Å². The summed E-state index contributed by atoms with van der Waals surface area (Å²) in [5, 5.41) is 3.44. The first-order chi connectivity index (χ1) is 6.90. The Hall–Kier alpha value is -1.16. The molecule has 14 heavy (non-hydrogen) atoms. The highest BCUT2D eigenvalue weighted by molar-refractivity contribution is 5.16. The van der Waals surface area contributed by atoms with E-state index in [0.29, 0.717) is 11.9 Å². The molecule has 0 spiro atoms. The number of aromatic nitrogens is 2. The van der Waals surface area contributed by atoms with Crippen LogP contribution >= 0.6 is 0 Å². The van der Waals surface area contributed by atoms with E-state index in [9.17, 15) is 0 Å². The molecule has 1 fully saturated rings. The summed E-state index contributed by atoms with van der Waals surface area (Å²) < 4.78 is 5.07. The fourth-order valence-corrected chi connectivity index (χ4v) is 1.76. The van der Waals surface area contributed by atoms with Crippen molar-refractivity contribution in [2.24, 2.45) is 0 Å². The zero-order chi connectivity index (χ0) is 9.80. The summed E-state index contributed by atoms with van der Waals surface area (Å²) in [4.78, 5) is 8.25. The van der Waals surface area contributed by atoms with E-state index in [-0.39, 0.29) is 0 Å². The average Bonchev–Trinajstić information content (AvgIpc) is 2.30. The van der Waals surface area contributed by atoms with Crippen LogP contribution in [0.25, 0.3) is 0 Å². The van der Waals surface area contributed by atoms with E-state index in [2.05, 4.69) is 15.3 Å². The van der Waals surface area contributed by atoms with Gasteiger partial charge in [0.05, 0.1) is 12.8 Å². The molecule has 4 heteroatoms. The monoisotopic (exact) mass is 193 g/mol. The standard InChI is InChI=1S/C10H15N3O/c1-14-10-6-9(12-7-13-10)8-4-2-3-5-11-8/h6-8,11H,2-5H2,1H3. The Morgan fingerprint density at radius 3 is 3.07 bits per heavy atom. The van der Waals surface area contributed by atoms with Gasteiger partial charge in [0, 0.05) is 12.1 Å². The van der Waals surface area contributed by atoms with Gasteiger partial charge in [-0.25, -0.2) is 9.97 Å². The van der Waals surface area contributed by atoms with E-state index in [0.717, 1.165) is 18.7 Å². The van der Waals surface area contributed by atoms with Crippen LogP contribution in [0.5, 0.6) is 5.88 Å². The fraction of sp³-hybridized carbons (Fsp3) is 0.600. The van der Waals surface area contributed by atoms with Gasteiger partial charge >= 0.3 is 0 Å². The van der Waals surface area contributed by atoms with Crippen LogP contribution in [0.2, 0.25) is 0 Å². The lowest BCUT2D eigenvalue weighted by molar-refractivity contribution is 0.383. The molecule has 0 radical (unpaired) electrons. The maximum absolute atomic E-state index is 5.07. The van der Waals surface area contributed by atoms with Crippen LogP contribution in [0.15, 0.2) is 12.4 Å². The molecule has 0 saturated carbocycles. The van der Waals surface area contributed by atoms with Gasteiger partial charge in [0.1, 0.15) is 6.33 Å². The quantitative estimate of drug-likeness (QED) is 0.769. The molecule has 1 aliphatic heterocycles. The first-order valence-corrected chi connectivity index (χ1v) is 4.99. The first kappa shape index (κ1) is 9.40. The van der Waals surface area contributed by atoms with Crippen molar-refractivity contribution in [2.75, 3.05) is 13.7 Å². The van der Waals surface area contributed by atoms with E-state index in [1.165, 1.54) is 12.8 Å². The van der Waals surface area contributed by atoms with Crippen LogP contribution in [-0.2, 0) is 0 Å². The summed E-state index contributed by atoms with van der Waals surface area (Å²) in [7, 11) is 1.63. The van der Waals surface area contributed by atoms with Crippen molar-refractivity contribution in [1.82, 2.24) is 15.3 Å². The lowest BCUT2D eigenvalue weighted by atomic mass is 10.0. The highest BCUT2D eigenvalue weighted by atomic mass is 16.5. The molecule has 1 saturated heterocycles. The SMILES string of the molecule is COc1cc(C2CCCCN2)ncn1. The molecule has 0 amide bonds. The third-order valence-corrected chi connectivity index (χ3v) is 2.54. The van der Waals surface area contributed by atoms with Crippen LogP contribution in [0.1, 0.15) is 31.0 Å². The lowest BCUT2D eigenvalue weighted by Crippen LogP contribution is -2.27. The van der Waals surface area contributed by atoms with Crippen LogP contribution in [0, 0.1) is 0 Å². The Morgan fingerprint density at radius 1 is 1.43 bits per heavy atom. The van der Waals surface area contributed by atoms with E-state index < -0.39 is 0 Å². The Balaban J connectivity index is 2.13. The van der Waals surface area contributed by atoms with Gasteiger partial charge in [-0.2, -0.15) is 0 Å². The van der Waals surface area contributed by atoms with Gasteiger partial charge in [0.15, 0.2) is 0 Å². The predicted octanol–water partition coefficient (Wildman–Crippen LogP) is 1.30. The molecule has 1 aromatic rings. The Bertz CT molecular complexity index is 297. The molecule has 0 bridgehead atoms. The Morgan fingerprint density at radius 2 is 2.36 bits per heavy atom. The second-order valence-corrected chi connectivity index (χ2v) is 3.49. The summed E-state index contributed by atoms with van der Waals surface area (Å²) in [5.74, 6) is 0.641. The molecule has 1 N–H and O–H groups in total. The van der Waals surface area contributed by atoms with Crippen LogP contribution in [0.3, 0.4) is 0 Å². The van der Waals surface area contributed by atoms with E-state index in [1.807, 2.05) is 6.07 Å². The number of nitrogens with one attached hydrogen (secondary N) is 1. The van der Waals surface area contributed by atoms with Gasteiger partial charge < -0.3 is 10.1 Å². The summed E-state index contributed by atoms with van der Waals surface area (Å²) in [6.45, 7) is 1.08. The van der Waals surface area contributed by atoms with Crippen molar-refractivity contribution < 1.29 is 4.74 Å². The summed E-state index contributed by atoms with van der Waals surface area (Å²) in [5.41, 5.74) is 1.04. The second kappa shape index (κ2) is 4.37. The zero-order valence-electron chi connectivity index (χ0n) is 8.36.